The number of carbonyl (C=O) groups is 1. The summed E-state index contributed by atoms with van der Waals surface area (Å²) in [7, 11) is -3.69. The van der Waals surface area contributed by atoms with Crippen molar-refractivity contribution in [2.45, 2.75) is 24.3 Å². The van der Waals surface area contributed by atoms with Crippen molar-refractivity contribution in [1.29, 1.82) is 0 Å². The molecule has 1 heterocycles. The number of nitrogens with one attached hydrogen (secondary N) is 2. The van der Waals surface area contributed by atoms with Crippen molar-refractivity contribution in [3.63, 3.8) is 0 Å². The van der Waals surface area contributed by atoms with Gasteiger partial charge in [-0.05, 0) is 19.1 Å². The molecule has 1 aliphatic heterocycles. The van der Waals surface area contributed by atoms with E-state index >= 15 is 0 Å². The van der Waals surface area contributed by atoms with Gasteiger partial charge in [-0.25, -0.2) is 13.1 Å². The zero-order valence-corrected chi connectivity index (χ0v) is 15.2. The van der Waals surface area contributed by atoms with Crippen LogP contribution in [-0.2, 0) is 14.8 Å². The van der Waals surface area contributed by atoms with Gasteiger partial charge in [-0.3, -0.25) is 4.79 Å². The lowest BCUT2D eigenvalue weighted by Crippen LogP contribution is -2.51. The minimum Gasteiger partial charge on any atom is -0.340 e. The predicted molar refractivity (Wildman–Crippen MR) is 92.6 cm³/mol. The minimum atomic E-state index is -3.69. The van der Waals surface area contributed by atoms with E-state index in [0.29, 0.717) is 13.1 Å². The average molecular weight is 382 g/mol. The fraction of sp³-hybridized carbons (Fsp3) is 0.500. The zero-order valence-electron chi connectivity index (χ0n) is 12.8. The van der Waals surface area contributed by atoms with Gasteiger partial charge in [0.05, 0.1) is 5.02 Å². The van der Waals surface area contributed by atoms with Crippen LogP contribution >= 0.6 is 24.0 Å². The average Bonchev–Trinajstić information content (AvgIpc) is 2.47. The number of halogens is 2. The molecule has 0 radical (unpaired) electrons. The third-order valence-electron chi connectivity index (χ3n) is 3.48. The lowest BCUT2D eigenvalue weighted by Gasteiger charge is -2.32. The van der Waals surface area contributed by atoms with Crippen LogP contribution in [0.5, 0.6) is 0 Å². The molecule has 130 valence electrons. The van der Waals surface area contributed by atoms with E-state index in [1.54, 1.807) is 17.0 Å². The van der Waals surface area contributed by atoms with Crippen molar-refractivity contribution in [2.24, 2.45) is 0 Å². The molecule has 0 spiro atoms. The Labute approximate surface area is 148 Å². The highest BCUT2D eigenvalue weighted by molar-refractivity contribution is 7.89. The van der Waals surface area contributed by atoms with Gasteiger partial charge in [0.2, 0.25) is 15.9 Å². The minimum absolute atomic E-state index is 0. The number of benzene rings is 1. The summed E-state index contributed by atoms with van der Waals surface area (Å²) >= 11 is 5.89. The number of sulfonamides is 1. The zero-order chi connectivity index (χ0) is 16.2. The van der Waals surface area contributed by atoms with Crippen LogP contribution in [-0.4, -0.2) is 51.4 Å². The lowest BCUT2D eigenvalue weighted by molar-refractivity contribution is -0.132. The largest absolute Gasteiger partial charge is 0.340 e. The fourth-order valence-electron chi connectivity index (χ4n) is 2.35. The van der Waals surface area contributed by atoms with Gasteiger partial charge in [0.25, 0.3) is 0 Å². The molecule has 0 aromatic heterocycles. The number of amides is 1. The molecule has 6 nitrogen and oxygen atoms in total. The van der Waals surface area contributed by atoms with E-state index in [4.69, 9.17) is 11.6 Å². The molecular formula is C14H21Cl2N3O3S. The highest BCUT2D eigenvalue weighted by atomic mass is 35.5. The Balaban J connectivity index is 0.00000264. The Kier molecular flexibility index (Phi) is 7.76. The van der Waals surface area contributed by atoms with Gasteiger partial charge in [0.15, 0.2) is 0 Å². The maximum Gasteiger partial charge on any atom is 0.242 e. The number of hydrogen-bond acceptors (Lipinski definition) is 4. The molecule has 0 saturated carbocycles. The number of rotatable bonds is 5. The molecule has 0 unspecified atom stereocenters. The van der Waals surface area contributed by atoms with Gasteiger partial charge >= 0.3 is 0 Å². The summed E-state index contributed by atoms with van der Waals surface area (Å²) in [6.07, 6.45) is 0.135. The molecule has 1 amide bonds. The van der Waals surface area contributed by atoms with Crippen LogP contribution in [0.1, 0.15) is 13.3 Å². The van der Waals surface area contributed by atoms with E-state index in [9.17, 15) is 13.2 Å². The molecule has 1 aromatic rings. The Hall–Kier alpha value is -0.860. The summed E-state index contributed by atoms with van der Waals surface area (Å²) in [6, 6.07) is 6.48. The summed E-state index contributed by atoms with van der Waals surface area (Å²) in [5, 5.41) is 3.42. The van der Waals surface area contributed by atoms with Crippen LogP contribution in [0.4, 0.5) is 0 Å². The van der Waals surface area contributed by atoms with Gasteiger partial charge in [-0.15, -0.1) is 12.4 Å². The molecule has 23 heavy (non-hydrogen) atoms. The molecule has 1 fully saturated rings. The maximum absolute atomic E-state index is 12.1. The van der Waals surface area contributed by atoms with Gasteiger partial charge in [-0.1, -0.05) is 23.7 Å². The highest BCUT2D eigenvalue weighted by Gasteiger charge is 2.21. The van der Waals surface area contributed by atoms with Crippen LogP contribution in [0.2, 0.25) is 5.02 Å². The topological polar surface area (TPSA) is 78.5 Å². The van der Waals surface area contributed by atoms with E-state index in [0.717, 1.165) is 6.54 Å². The SMILES string of the molecule is C[C@@H]1CN(C(=O)CCNS(=O)(=O)c2ccccc2Cl)CCN1.Cl. The smallest absolute Gasteiger partial charge is 0.242 e. The molecule has 1 aromatic carbocycles. The predicted octanol–water partition coefficient (Wildman–Crippen LogP) is 1.25. The quantitative estimate of drug-likeness (QED) is 0.804. The van der Waals surface area contributed by atoms with E-state index in [1.807, 2.05) is 6.92 Å². The number of piperazine rings is 1. The molecule has 9 heteroatoms. The molecule has 2 rings (SSSR count). The van der Waals surface area contributed by atoms with E-state index in [-0.39, 0.29) is 47.2 Å². The third kappa shape index (κ3) is 5.61. The first-order chi connectivity index (χ1) is 10.4. The maximum atomic E-state index is 12.1. The first kappa shape index (κ1) is 20.2. The second kappa shape index (κ2) is 8.84. The van der Waals surface area contributed by atoms with Crippen molar-refractivity contribution >= 4 is 39.9 Å². The van der Waals surface area contributed by atoms with Gasteiger partial charge < -0.3 is 10.2 Å². The Morgan fingerprint density at radius 2 is 2.13 bits per heavy atom. The van der Waals surface area contributed by atoms with Crippen molar-refractivity contribution in [3.05, 3.63) is 29.3 Å². The summed E-state index contributed by atoms with van der Waals surface area (Å²) in [4.78, 5) is 13.9. The number of nitrogens with zero attached hydrogens (tertiary/aromatic N) is 1. The lowest BCUT2D eigenvalue weighted by atomic mass is 10.2. The molecule has 1 saturated heterocycles. The van der Waals surface area contributed by atoms with Crippen LogP contribution < -0.4 is 10.0 Å². The molecule has 1 atom stereocenters. The standard InChI is InChI=1S/C14H20ClN3O3S.ClH/c1-11-10-18(9-8-16-11)14(19)6-7-17-22(20,21)13-5-3-2-4-12(13)15;/h2-5,11,16-17H,6-10H2,1H3;1H/t11-;/m1./s1. The van der Waals surface area contributed by atoms with Crippen LogP contribution in [0, 0.1) is 0 Å². The van der Waals surface area contributed by atoms with Crippen molar-refractivity contribution in [2.75, 3.05) is 26.2 Å². The highest BCUT2D eigenvalue weighted by Crippen LogP contribution is 2.19. The van der Waals surface area contributed by atoms with Gasteiger partial charge in [0.1, 0.15) is 4.90 Å². The monoisotopic (exact) mass is 381 g/mol. The van der Waals surface area contributed by atoms with Crippen LogP contribution in [0.15, 0.2) is 29.2 Å². The number of hydrogen-bond donors (Lipinski definition) is 2. The first-order valence-electron chi connectivity index (χ1n) is 7.15. The van der Waals surface area contributed by atoms with E-state index in [1.165, 1.54) is 12.1 Å². The fourth-order valence-corrected chi connectivity index (χ4v) is 3.90. The summed E-state index contributed by atoms with van der Waals surface area (Å²) in [5.41, 5.74) is 0. The van der Waals surface area contributed by atoms with E-state index in [2.05, 4.69) is 10.0 Å². The summed E-state index contributed by atoms with van der Waals surface area (Å²) in [6.45, 7) is 4.14. The van der Waals surface area contributed by atoms with Crippen molar-refractivity contribution < 1.29 is 13.2 Å². The Bertz CT molecular complexity index is 640. The first-order valence-corrected chi connectivity index (χ1v) is 9.01. The van der Waals surface area contributed by atoms with Crippen LogP contribution in [0.25, 0.3) is 0 Å². The van der Waals surface area contributed by atoms with Gasteiger partial charge in [0, 0.05) is 38.6 Å². The molecule has 1 aliphatic rings. The van der Waals surface area contributed by atoms with Crippen molar-refractivity contribution in [3.8, 4) is 0 Å². The second-order valence-electron chi connectivity index (χ2n) is 5.27. The molecule has 0 aliphatic carbocycles. The van der Waals surface area contributed by atoms with Gasteiger partial charge in [-0.2, -0.15) is 0 Å². The van der Waals surface area contributed by atoms with Crippen LogP contribution in [0.3, 0.4) is 0 Å². The Morgan fingerprint density at radius 1 is 1.43 bits per heavy atom. The van der Waals surface area contributed by atoms with Crippen molar-refractivity contribution in [1.82, 2.24) is 14.9 Å². The third-order valence-corrected chi connectivity index (χ3v) is 5.44. The van der Waals surface area contributed by atoms with E-state index < -0.39 is 10.0 Å². The summed E-state index contributed by atoms with van der Waals surface area (Å²) < 4.78 is 26.7. The Morgan fingerprint density at radius 3 is 2.78 bits per heavy atom. The molecular weight excluding hydrogens is 361 g/mol. The normalized spacial score (nSPS) is 18.3. The summed E-state index contributed by atoms with van der Waals surface area (Å²) in [5.74, 6) is -0.0461. The molecule has 0 bridgehead atoms. The second-order valence-corrected chi connectivity index (χ2v) is 7.42. The molecule has 2 N–H and O–H groups in total. The number of carbonyl (C=O) groups excluding carboxylic acids is 1.